The Hall–Kier alpha value is -1.15. The molecule has 2 nitrogen and oxygen atoms in total. The van der Waals surface area contributed by atoms with Gasteiger partial charge in [-0.15, -0.1) is 11.6 Å². The minimum absolute atomic E-state index is 0.590. The minimum atomic E-state index is 0.590. The van der Waals surface area contributed by atoms with Gasteiger partial charge in [-0.1, -0.05) is 18.2 Å². The maximum absolute atomic E-state index is 5.62. The van der Waals surface area contributed by atoms with Crippen molar-refractivity contribution in [1.82, 2.24) is 10.2 Å². The first-order chi connectivity index (χ1) is 6.40. The fourth-order valence-corrected chi connectivity index (χ4v) is 1.44. The molecule has 0 bridgehead atoms. The number of halogens is 1. The monoisotopic (exact) mass is 192 g/mol. The summed E-state index contributed by atoms with van der Waals surface area (Å²) < 4.78 is 0. The third-order valence-corrected chi connectivity index (χ3v) is 2.08. The summed E-state index contributed by atoms with van der Waals surface area (Å²) in [5.74, 6) is 0.590. The Labute approximate surface area is 81.6 Å². The summed E-state index contributed by atoms with van der Waals surface area (Å²) in [6.07, 6.45) is 0.777. The van der Waals surface area contributed by atoms with Crippen molar-refractivity contribution < 1.29 is 0 Å². The largest absolute Gasteiger partial charge is 0.155 e. The van der Waals surface area contributed by atoms with Crippen molar-refractivity contribution in [2.24, 2.45) is 0 Å². The summed E-state index contributed by atoms with van der Waals surface area (Å²) in [6.45, 7) is 0. The molecule has 0 aliphatic carbocycles. The standard InChI is InChI=1S/C10H9ClN2/c11-6-5-9-7-8-3-1-2-4-10(8)13-12-9/h1-4,7H,5-6H2. The zero-order valence-corrected chi connectivity index (χ0v) is 7.83. The maximum atomic E-state index is 5.62. The summed E-state index contributed by atoms with van der Waals surface area (Å²) in [7, 11) is 0. The molecule has 0 saturated carbocycles. The average Bonchev–Trinajstić information content (AvgIpc) is 2.18. The predicted octanol–water partition coefficient (Wildman–Crippen LogP) is 2.41. The number of hydrogen-bond donors (Lipinski definition) is 0. The second-order valence-electron chi connectivity index (χ2n) is 2.83. The lowest BCUT2D eigenvalue weighted by Gasteiger charge is -1.98. The van der Waals surface area contributed by atoms with Crippen molar-refractivity contribution in [3.05, 3.63) is 36.0 Å². The first-order valence-electron chi connectivity index (χ1n) is 4.17. The molecule has 0 spiro atoms. The number of aromatic nitrogens is 2. The first kappa shape index (κ1) is 8.45. The molecule has 0 aliphatic rings. The third-order valence-electron chi connectivity index (χ3n) is 1.90. The molecule has 13 heavy (non-hydrogen) atoms. The van der Waals surface area contributed by atoms with Crippen LogP contribution in [0.4, 0.5) is 0 Å². The number of aryl methyl sites for hydroxylation is 1. The zero-order valence-electron chi connectivity index (χ0n) is 7.07. The highest BCUT2D eigenvalue weighted by Crippen LogP contribution is 2.10. The summed E-state index contributed by atoms with van der Waals surface area (Å²) >= 11 is 5.62. The van der Waals surface area contributed by atoms with Gasteiger partial charge >= 0.3 is 0 Å². The molecule has 1 aromatic heterocycles. The van der Waals surface area contributed by atoms with Crippen LogP contribution in [-0.4, -0.2) is 16.1 Å². The summed E-state index contributed by atoms with van der Waals surface area (Å²) in [5, 5.41) is 9.28. The normalized spacial score (nSPS) is 10.5. The molecule has 0 saturated heterocycles. The summed E-state index contributed by atoms with van der Waals surface area (Å²) in [5.41, 5.74) is 1.88. The van der Waals surface area contributed by atoms with Crippen LogP contribution in [0, 0.1) is 0 Å². The van der Waals surface area contributed by atoms with Crippen LogP contribution in [0.25, 0.3) is 10.9 Å². The van der Waals surface area contributed by atoms with Crippen molar-refractivity contribution in [3.8, 4) is 0 Å². The lowest BCUT2D eigenvalue weighted by atomic mass is 10.2. The van der Waals surface area contributed by atoms with Gasteiger partial charge in [-0.05, 0) is 12.1 Å². The van der Waals surface area contributed by atoms with Crippen molar-refractivity contribution >= 4 is 22.5 Å². The van der Waals surface area contributed by atoms with E-state index < -0.39 is 0 Å². The number of nitrogens with zero attached hydrogens (tertiary/aromatic N) is 2. The van der Waals surface area contributed by atoms with Gasteiger partial charge in [-0.2, -0.15) is 10.2 Å². The van der Waals surface area contributed by atoms with Gasteiger partial charge in [0.25, 0.3) is 0 Å². The van der Waals surface area contributed by atoms with Gasteiger partial charge in [0, 0.05) is 17.7 Å². The number of rotatable bonds is 2. The van der Waals surface area contributed by atoms with E-state index in [9.17, 15) is 0 Å². The molecule has 0 fully saturated rings. The van der Waals surface area contributed by atoms with Crippen LogP contribution in [0.1, 0.15) is 5.69 Å². The molecular formula is C10H9ClN2. The smallest absolute Gasteiger partial charge is 0.0929 e. The van der Waals surface area contributed by atoms with Crippen molar-refractivity contribution in [3.63, 3.8) is 0 Å². The Morgan fingerprint density at radius 1 is 1.15 bits per heavy atom. The molecule has 3 heteroatoms. The van der Waals surface area contributed by atoms with Gasteiger partial charge < -0.3 is 0 Å². The summed E-state index contributed by atoms with van der Waals surface area (Å²) in [6, 6.07) is 9.96. The topological polar surface area (TPSA) is 25.8 Å². The highest BCUT2D eigenvalue weighted by molar-refractivity contribution is 6.17. The fourth-order valence-electron chi connectivity index (χ4n) is 1.25. The Kier molecular flexibility index (Phi) is 2.41. The van der Waals surface area contributed by atoms with E-state index in [1.54, 1.807) is 0 Å². The van der Waals surface area contributed by atoms with Crippen LogP contribution in [0.3, 0.4) is 0 Å². The second kappa shape index (κ2) is 3.71. The van der Waals surface area contributed by atoms with Gasteiger partial charge in [-0.25, -0.2) is 0 Å². The van der Waals surface area contributed by atoms with Crippen molar-refractivity contribution in [1.29, 1.82) is 0 Å². The fraction of sp³-hybridized carbons (Fsp3) is 0.200. The molecule has 2 aromatic rings. The predicted molar refractivity (Wildman–Crippen MR) is 54.0 cm³/mol. The van der Waals surface area contributed by atoms with E-state index in [1.165, 1.54) is 0 Å². The molecule has 2 rings (SSSR count). The highest BCUT2D eigenvalue weighted by atomic mass is 35.5. The average molecular weight is 193 g/mol. The molecule has 0 unspecified atom stereocenters. The van der Waals surface area contributed by atoms with Gasteiger partial charge in [0.15, 0.2) is 0 Å². The molecular weight excluding hydrogens is 184 g/mol. The van der Waals surface area contributed by atoms with Crippen LogP contribution >= 0.6 is 11.6 Å². The molecule has 1 heterocycles. The van der Waals surface area contributed by atoms with E-state index in [0.29, 0.717) is 5.88 Å². The lowest BCUT2D eigenvalue weighted by Crippen LogP contribution is -1.94. The second-order valence-corrected chi connectivity index (χ2v) is 3.21. The van der Waals surface area contributed by atoms with Crippen LogP contribution in [-0.2, 0) is 6.42 Å². The Bertz CT molecular complexity index is 414. The van der Waals surface area contributed by atoms with E-state index in [0.717, 1.165) is 23.0 Å². The maximum Gasteiger partial charge on any atom is 0.0929 e. The number of hydrogen-bond acceptors (Lipinski definition) is 2. The van der Waals surface area contributed by atoms with Crippen LogP contribution in [0.5, 0.6) is 0 Å². The van der Waals surface area contributed by atoms with E-state index in [4.69, 9.17) is 11.6 Å². The van der Waals surface area contributed by atoms with Crippen molar-refractivity contribution in [2.75, 3.05) is 5.88 Å². The SMILES string of the molecule is ClCCc1cc2ccccc2nn1. The van der Waals surface area contributed by atoms with Crippen LogP contribution < -0.4 is 0 Å². The van der Waals surface area contributed by atoms with E-state index >= 15 is 0 Å². The molecule has 0 radical (unpaired) electrons. The Morgan fingerprint density at radius 2 is 2.00 bits per heavy atom. The highest BCUT2D eigenvalue weighted by Gasteiger charge is 1.97. The van der Waals surface area contributed by atoms with Crippen LogP contribution in [0.15, 0.2) is 30.3 Å². The zero-order chi connectivity index (χ0) is 9.10. The number of benzene rings is 1. The Balaban J connectivity index is 2.49. The summed E-state index contributed by atoms with van der Waals surface area (Å²) in [4.78, 5) is 0. The molecule has 0 atom stereocenters. The van der Waals surface area contributed by atoms with Gasteiger partial charge in [0.05, 0.1) is 11.2 Å². The van der Waals surface area contributed by atoms with Gasteiger partial charge in [0.1, 0.15) is 0 Å². The Morgan fingerprint density at radius 3 is 2.85 bits per heavy atom. The number of fused-ring (bicyclic) bond motifs is 1. The molecule has 66 valence electrons. The third kappa shape index (κ3) is 1.78. The first-order valence-corrected chi connectivity index (χ1v) is 4.71. The van der Waals surface area contributed by atoms with E-state index in [2.05, 4.69) is 10.2 Å². The lowest BCUT2D eigenvalue weighted by molar-refractivity contribution is 0.948. The quantitative estimate of drug-likeness (QED) is 0.683. The minimum Gasteiger partial charge on any atom is -0.155 e. The van der Waals surface area contributed by atoms with E-state index in [1.807, 2.05) is 30.3 Å². The number of alkyl halides is 1. The van der Waals surface area contributed by atoms with E-state index in [-0.39, 0.29) is 0 Å². The van der Waals surface area contributed by atoms with Gasteiger partial charge in [0.2, 0.25) is 0 Å². The molecule has 0 N–H and O–H groups in total. The van der Waals surface area contributed by atoms with Crippen LogP contribution in [0.2, 0.25) is 0 Å². The van der Waals surface area contributed by atoms with Gasteiger partial charge in [-0.3, -0.25) is 0 Å². The molecule has 1 aromatic carbocycles. The van der Waals surface area contributed by atoms with Crippen molar-refractivity contribution in [2.45, 2.75) is 6.42 Å². The molecule has 0 aliphatic heterocycles. The molecule has 0 amide bonds.